The van der Waals surface area contributed by atoms with Gasteiger partial charge in [-0.05, 0) is 71.9 Å². The van der Waals surface area contributed by atoms with Gasteiger partial charge in [-0.2, -0.15) is 4.31 Å². The number of nitrogens with zero attached hydrogens (tertiary/aromatic N) is 1. The minimum absolute atomic E-state index is 0.0205. The molecule has 2 aliphatic carbocycles. The van der Waals surface area contributed by atoms with Gasteiger partial charge in [-0.25, -0.2) is 8.42 Å². The number of carbonyl (C=O) groups excluding carboxylic acids is 1. The lowest BCUT2D eigenvalue weighted by Gasteiger charge is -2.43. The van der Waals surface area contributed by atoms with Gasteiger partial charge < -0.3 is 29.6 Å². The molecule has 1 aliphatic heterocycles. The summed E-state index contributed by atoms with van der Waals surface area (Å²) >= 11 is 0. The molecule has 0 aromatic heterocycles. The summed E-state index contributed by atoms with van der Waals surface area (Å²) in [6, 6.07) is 8.50. The normalized spacial score (nSPS) is 25.2. The first-order chi connectivity index (χ1) is 19.9. The lowest BCUT2D eigenvalue weighted by molar-refractivity contribution is 0.0729. The highest BCUT2D eigenvalue weighted by molar-refractivity contribution is 7.89. The molecule has 0 spiro atoms. The van der Waals surface area contributed by atoms with Crippen LogP contribution >= 0.6 is 0 Å². The summed E-state index contributed by atoms with van der Waals surface area (Å²) in [5.41, 5.74) is 1.55. The van der Waals surface area contributed by atoms with Gasteiger partial charge in [0.25, 0.3) is 5.91 Å². The van der Waals surface area contributed by atoms with Crippen LogP contribution in [0.4, 0.5) is 5.69 Å². The van der Waals surface area contributed by atoms with Crippen molar-refractivity contribution >= 4 is 21.6 Å². The lowest BCUT2D eigenvalue weighted by Crippen LogP contribution is -2.52. The number of fused-ring (bicyclic) bond motifs is 2. The Bertz CT molecular complexity index is 1410. The SMILES string of the molecule is COc1cc(CNc2ccc(C(=O)NC3C4(C)CCC(C4)C3(C)C)cc2S(=O)(=O)N2CCOCC2)cc(OC)c1OC. The average Bonchev–Trinajstić information content (AvgIpc) is 3.48. The van der Waals surface area contributed by atoms with E-state index in [0.29, 0.717) is 47.6 Å². The van der Waals surface area contributed by atoms with E-state index in [2.05, 4.69) is 31.4 Å². The zero-order chi connectivity index (χ0) is 30.3. The summed E-state index contributed by atoms with van der Waals surface area (Å²) in [5, 5.41) is 6.58. The molecule has 1 heterocycles. The van der Waals surface area contributed by atoms with Gasteiger partial charge in [0.1, 0.15) is 4.90 Å². The molecule has 3 unspecified atom stereocenters. The zero-order valence-corrected chi connectivity index (χ0v) is 26.2. The molecule has 230 valence electrons. The summed E-state index contributed by atoms with van der Waals surface area (Å²) in [7, 11) is 0.711. The van der Waals surface area contributed by atoms with Crippen molar-refractivity contribution in [1.29, 1.82) is 0 Å². The summed E-state index contributed by atoms with van der Waals surface area (Å²) in [6.45, 7) is 8.16. The van der Waals surface area contributed by atoms with Crippen LogP contribution in [0.3, 0.4) is 0 Å². The Morgan fingerprint density at radius 2 is 1.69 bits per heavy atom. The molecule has 3 aliphatic rings. The quantitative estimate of drug-likeness (QED) is 0.415. The van der Waals surface area contributed by atoms with Gasteiger partial charge in [0, 0.05) is 31.2 Å². The van der Waals surface area contributed by atoms with E-state index in [-0.39, 0.29) is 47.3 Å². The van der Waals surface area contributed by atoms with Crippen LogP contribution in [0.2, 0.25) is 0 Å². The molecule has 10 nitrogen and oxygen atoms in total. The monoisotopic (exact) mass is 601 g/mol. The maximum Gasteiger partial charge on any atom is 0.251 e. The van der Waals surface area contributed by atoms with Crippen molar-refractivity contribution in [3.05, 3.63) is 41.5 Å². The van der Waals surface area contributed by atoms with Crippen LogP contribution in [-0.2, 0) is 21.3 Å². The predicted molar refractivity (Wildman–Crippen MR) is 160 cm³/mol. The Morgan fingerprint density at radius 3 is 2.26 bits per heavy atom. The van der Waals surface area contributed by atoms with Crippen LogP contribution in [0.1, 0.15) is 56.0 Å². The van der Waals surface area contributed by atoms with E-state index in [1.54, 1.807) is 26.4 Å². The summed E-state index contributed by atoms with van der Waals surface area (Å²) in [5.74, 6) is 1.80. The smallest absolute Gasteiger partial charge is 0.251 e. The first kappa shape index (κ1) is 30.4. The number of amides is 1. The van der Waals surface area contributed by atoms with E-state index in [4.69, 9.17) is 18.9 Å². The Labute approximate surface area is 249 Å². The van der Waals surface area contributed by atoms with Crippen LogP contribution in [0.25, 0.3) is 0 Å². The van der Waals surface area contributed by atoms with Crippen molar-refractivity contribution < 1.29 is 32.2 Å². The lowest BCUT2D eigenvalue weighted by atomic mass is 9.68. The van der Waals surface area contributed by atoms with Crippen molar-refractivity contribution in [2.45, 2.75) is 57.5 Å². The van der Waals surface area contributed by atoms with Crippen molar-refractivity contribution in [3.63, 3.8) is 0 Å². The number of anilines is 1. The molecule has 42 heavy (non-hydrogen) atoms. The molecule has 3 atom stereocenters. The third-order valence-corrected chi connectivity index (χ3v) is 11.5. The number of hydrogen-bond donors (Lipinski definition) is 2. The van der Waals surface area contributed by atoms with Gasteiger partial charge in [-0.15, -0.1) is 0 Å². The second kappa shape index (κ2) is 11.6. The number of benzene rings is 2. The number of nitrogens with one attached hydrogen (secondary N) is 2. The molecule has 2 aromatic rings. The maximum atomic E-state index is 13.9. The second-order valence-corrected chi connectivity index (χ2v) is 14.3. The number of sulfonamides is 1. The Kier molecular flexibility index (Phi) is 8.39. The van der Waals surface area contributed by atoms with E-state index in [0.717, 1.165) is 18.4 Å². The topological polar surface area (TPSA) is 115 Å². The molecule has 0 radical (unpaired) electrons. The third kappa shape index (κ3) is 5.42. The number of ether oxygens (including phenoxy) is 4. The fourth-order valence-corrected chi connectivity index (χ4v) is 8.86. The molecule has 2 saturated carbocycles. The maximum absolute atomic E-state index is 13.9. The zero-order valence-electron chi connectivity index (χ0n) is 25.4. The summed E-state index contributed by atoms with van der Waals surface area (Å²) < 4.78 is 51.0. The average molecular weight is 602 g/mol. The highest BCUT2D eigenvalue weighted by atomic mass is 32.2. The summed E-state index contributed by atoms with van der Waals surface area (Å²) in [4.78, 5) is 13.7. The van der Waals surface area contributed by atoms with E-state index in [1.165, 1.54) is 23.9 Å². The third-order valence-electron chi connectivity index (χ3n) is 9.58. The molecule has 2 bridgehead atoms. The first-order valence-electron chi connectivity index (χ1n) is 14.5. The molecular weight excluding hydrogens is 558 g/mol. The van der Waals surface area contributed by atoms with Gasteiger partial charge in [0.15, 0.2) is 11.5 Å². The van der Waals surface area contributed by atoms with Crippen molar-refractivity contribution in [1.82, 2.24) is 9.62 Å². The summed E-state index contributed by atoms with van der Waals surface area (Å²) in [6.07, 6.45) is 3.38. The number of carbonyl (C=O) groups is 1. The fourth-order valence-electron chi connectivity index (χ4n) is 7.26. The molecule has 2 N–H and O–H groups in total. The fraction of sp³-hybridized carbons (Fsp3) is 0.581. The van der Waals surface area contributed by atoms with Gasteiger partial charge in [-0.1, -0.05) is 20.8 Å². The molecular formula is C31H43N3O7S. The Hall–Kier alpha value is -3.02. The highest BCUT2D eigenvalue weighted by Gasteiger charge is 2.59. The first-order valence-corrected chi connectivity index (χ1v) is 15.9. The van der Waals surface area contributed by atoms with E-state index < -0.39 is 10.0 Å². The van der Waals surface area contributed by atoms with E-state index in [9.17, 15) is 13.2 Å². The number of morpholine rings is 1. The Morgan fingerprint density at radius 1 is 1.02 bits per heavy atom. The van der Waals surface area contributed by atoms with Gasteiger partial charge in [0.05, 0.1) is 40.2 Å². The molecule has 1 saturated heterocycles. The minimum Gasteiger partial charge on any atom is -0.493 e. The van der Waals surface area contributed by atoms with E-state index >= 15 is 0 Å². The van der Waals surface area contributed by atoms with E-state index in [1.807, 2.05) is 12.1 Å². The largest absolute Gasteiger partial charge is 0.493 e. The second-order valence-electron chi connectivity index (χ2n) is 12.4. The van der Waals surface area contributed by atoms with Crippen LogP contribution in [0.5, 0.6) is 17.2 Å². The molecule has 1 amide bonds. The van der Waals surface area contributed by atoms with Gasteiger partial charge >= 0.3 is 0 Å². The van der Waals surface area contributed by atoms with Crippen molar-refractivity contribution in [3.8, 4) is 17.2 Å². The number of hydrogen-bond acceptors (Lipinski definition) is 8. The van der Waals surface area contributed by atoms with Gasteiger partial charge in [-0.3, -0.25) is 4.79 Å². The molecule has 3 fully saturated rings. The highest BCUT2D eigenvalue weighted by Crippen LogP contribution is 2.62. The van der Waals surface area contributed by atoms with Crippen LogP contribution in [0.15, 0.2) is 35.2 Å². The molecule has 2 aromatic carbocycles. The molecule has 5 rings (SSSR count). The van der Waals surface area contributed by atoms with Crippen LogP contribution in [0, 0.1) is 16.7 Å². The molecule has 11 heteroatoms. The predicted octanol–water partition coefficient (Wildman–Crippen LogP) is 4.29. The van der Waals surface area contributed by atoms with Gasteiger partial charge in [0.2, 0.25) is 15.8 Å². The minimum atomic E-state index is -3.92. The van der Waals surface area contributed by atoms with Crippen molar-refractivity contribution in [2.75, 3.05) is 52.9 Å². The van der Waals surface area contributed by atoms with Crippen molar-refractivity contribution in [2.24, 2.45) is 16.7 Å². The van der Waals surface area contributed by atoms with Crippen LogP contribution in [-0.4, -0.2) is 72.3 Å². The Balaban J connectivity index is 1.45. The standard InChI is InChI=1S/C31H43N3O7S/c1-30(2)22-9-10-31(3,18-22)29(30)33-28(35)21-7-8-23(26(17-21)42(36,37)34-11-13-41-14-12-34)32-19-20-15-24(38-4)27(40-6)25(16-20)39-5/h7-8,15-17,22,29,32H,9-14,18-19H2,1-6H3,(H,33,35). The van der Waals surface area contributed by atoms with Crippen LogP contribution < -0.4 is 24.8 Å². The number of rotatable bonds is 10. The number of methoxy groups -OCH3 is 3.